The van der Waals surface area contributed by atoms with Crippen LogP contribution in [0.4, 0.5) is 4.39 Å². The van der Waals surface area contributed by atoms with E-state index in [-0.39, 0.29) is 18.3 Å². The van der Waals surface area contributed by atoms with Crippen LogP contribution in [0.25, 0.3) is 0 Å². The van der Waals surface area contributed by atoms with Gasteiger partial charge in [0.2, 0.25) is 5.91 Å². The van der Waals surface area contributed by atoms with E-state index in [9.17, 15) is 18.8 Å². The predicted octanol–water partition coefficient (Wildman–Crippen LogP) is 1.10. The number of hydrogen-bond donors (Lipinski definition) is 0. The molecule has 0 saturated carbocycles. The second kappa shape index (κ2) is 7.43. The van der Waals surface area contributed by atoms with Crippen molar-refractivity contribution in [1.82, 2.24) is 14.7 Å². The molecule has 0 aliphatic carbocycles. The van der Waals surface area contributed by atoms with E-state index in [4.69, 9.17) is 0 Å². The zero-order chi connectivity index (χ0) is 18.8. The van der Waals surface area contributed by atoms with Gasteiger partial charge in [-0.05, 0) is 37.0 Å². The minimum Gasteiger partial charge on any atom is -0.341 e. The number of hydrogen-bond acceptors (Lipinski definition) is 3. The maximum atomic E-state index is 14.1. The fourth-order valence-corrected chi connectivity index (χ4v) is 3.60. The maximum absolute atomic E-state index is 14.1. The second-order valence-electron chi connectivity index (χ2n) is 7.01. The molecule has 3 rings (SSSR count). The number of carbonyl (C=O) groups is 3. The summed E-state index contributed by atoms with van der Waals surface area (Å²) in [5.41, 5.74) is 2.44. The van der Waals surface area contributed by atoms with Crippen molar-refractivity contribution in [3.05, 3.63) is 34.6 Å². The Bertz CT molecular complexity index is 750. The molecule has 1 saturated heterocycles. The number of amides is 3. The fraction of sp³-hybridized carbons (Fsp3) is 0.526. The average Bonchev–Trinajstić information content (AvgIpc) is 3.06. The highest BCUT2D eigenvalue weighted by Crippen LogP contribution is 2.25. The number of fused-ring (bicyclic) bond motifs is 1. The van der Waals surface area contributed by atoms with Crippen molar-refractivity contribution in [3.8, 4) is 0 Å². The van der Waals surface area contributed by atoms with Crippen LogP contribution in [-0.4, -0.2) is 65.6 Å². The third-order valence-corrected chi connectivity index (χ3v) is 5.28. The molecular formula is C19H24FN3O3. The molecule has 1 fully saturated rings. The van der Waals surface area contributed by atoms with Gasteiger partial charge in [0.05, 0.1) is 0 Å². The lowest BCUT2D eigenvalue weighted by Crippen LogP contribution is -2.47. The molecule has 3 amide bonds. The molecule has 2 heterocycles. The zero-order valence-corrected chi connectivity index (χ0v) is 15.3. The van der Waals surface area contributed by atoms with Crippen LogP contribution in [0.3, 0.4) is 0 Å². The van der Waals surface area contributed by atoms with Crippen LogP contribution in [0.2, 0.25) is 0 Å². The molecule has 0 unspecified atom stereocenters. The third-order valence-electron chi connectivity index (χ3n) is 5.28. The summed E-state index contributed by atoms with van der Waals surface area (Å²) in [6.45, 7) is 3.90. The molecule has 1 aromatic rings. The molecule has 0 radical (unpaired) electrons. The monoisotopic (exact) mass is 361 g/mol. The summed E-state index contributed by atoms with van der Waals surface area (Å²) in [5, 5.41) is 0. The highest BCUT2D eigenvalue weighted by Gasteiger charge is 2.30. The van der Waals surface area contributed by atoms with E-state index in [1.54, 1.807) is 18.0 Å². The van der Waals surface area contributed by atoms with Gasteiger partial charge < -0.3 is 14.7 Å². The van der Waals surface area contributed by atoms with Gasteiger partial charge in [0.15, 0.2) is 0 Å². The maximum Gasteiger partial charge on any atom is 0.312 e. The number of halogens is 1. The van der Waals surface area contributed by atoms with E-state index < -0.39 is 11.8 Å². The van der Waals surface area contributed by atoms with Crippen molar-refractivity contribution in [1.29, 1.82) is 0 Å². The van der Waals surface area contributed by atoms with Crippen LogP contribution in [0, 0.1) is 12.7 Å². The third kappa shape index (κ3) is 3.57. The van der Waals surface area contributed by atoms with Gasteiger partial charge in [-0.2, -0.15) is 0 Å². The number of nitrogens with zero attached hydrogens (tertiary/aromatic N) is 3. The second-order valence-corrected chi connectivity index (χ2v) is 7.01. The van der Waals surface area contributed by atoms with E-state index in [0.717, 1.165) is 17.5 Å². The van der Waals surface area contributed by atoms with Crippen molar-refractivity contribution in [3.63, 3.8) is 0 Å². The number of carbonyl (C=O) groups excluding carboxylic acids is 3. The quantitative estimate of drug-likeness (QED) is 0.758. The highest BCUT2D eigenvalue weighted by molar-refractivity contribution is 6.34. The van der Waals surface area contributed by atoms with E-state index in [1.807, 2.05) is 6.92 Å². The first-order valence-corrected chi connectivity index (χ1v) is 8.97. The summed E-state index contributed by atoms with van der Waals surface area (Å²) in [7, 11) is 1.56. The molecule has 0 spiro atoms. The van der Waals surface area contributed by atoms with Crippen LogP contribution >= 0.6 is 0 Å². The minimum atomic E-state index is -0.619. The first kappa shape index (κ1) is 18.4. The molecule has 1 aromatic carbocycles. The lowest BCUT2D eigenvalue weighted by molar-refractivity contribution is -0.151. The number of benzene rings is 1. The van der Waals surface area contributed by atoms with Gasteiger partial charge in [0.1, 0.15) is 5.82 Å². The summed E-state index contributed by atoms with van der Waals surface area (Å²) in [6.07, 6.45) is 1.94. The number of aryl methyl sites for hydroxylation is 1. The van der Waals surface area contributed by atoms with Crippen LogP contribution in [0.5, 0.6) is 0 Å². The van der Waals surface area contributed by atoms with E-state index in [1.165, 1.54) is 15.9 Å². The van der Waals surface area contributed by atoms with Crippen molar-refractivity contribution in [2.45, 2.75) is 32.7 Å². The zero-order valence-electron chi connectivity index (χ0n) is 15.3. The standard InChI is InChI=1S/C19H24FN3O3/c1-13-5-6-16(20)15-12-23(9-7-14(13)15)19(26)18(25)21(2)10-11-22-8-3-4-17(22)24/h5-6H,3-4,7-12H2,1-2H3. The minimum absolute atomic E-state index is 0.0932. The number of likely N-dealkylation sites (tertiary alicyclic amines) is 1. The van der Waals surface area contributed by atoms with Crippen LogP contribution in [-0.2, 0) is 27.3 Å². The normalized spacial score (nSPS) is 16.7. The Balaban J connectivity index is 1.61. The van der Waals surface area contributed by atoms with Gasteiger partial charge in [-0.15, -0.1) is 0 Å². The Kier molecular flexibility index (Phi) is 5.25. The molecule has 26 heavy (non-hydrogen) atoms. The molecule has 0 atom stereocenters. The average molecular weight is 361 g/mol. The summed E-state index contributed by atoms with van der Waals surface area (Å²) in [5.74, 6) is -1.48. The topological polar surface area (TPSA) is 60.9 Å². The van der Waals surface area contributed by atoms with Crippen LogP contribution < -0.4 is 0 Å². The molecule has 2 aliphatic rings. The van der Waals surface area contributed by atoms with Crippen molar-refractivity contribution in [2.24, 2.45) is 0 Å². The Morgan fingerprint density at radius 3 is 2.65 bits per heavy atom. The number of likely N-dealkylation sites (N-methyl/N-ethyl adjacent to an activating group) is 1. The van der Waals surface area contributed by atoms with Gasteiger partial charge in [-0.1, -0.05) is 6.07 Å². The molecule has 0 N–H and O–H groups in total. The molecule has 0 aromatic heterocycles. The Morgan fingerprint density at radius 2 is 1.96 bits per heavy atom. The van der Waals surface area contributed by atoms with Gasteiger partial charge in [0.25, 0.3) is 0 Å². The molecule has 7 heteroatoms. The molecule has 6 nitrogen and oxygen atoms in total. The van der Waals surface area contributed by atoms with Crippen LogP contribution in [0.15, 0.2) is 12.1 Å². The van der Waals surface area contributed by atoms with E-state index in [0.29, 0.717) is 44.6 Å². The van der Waals surface area contributed by atoms with E-state index >= 15 is 0 Å². The Morgan fingerprint density at radius 1 is 1.19 bits per heavy atom. The summed E-state index contributed by atoms with van der Waals surface area (Å²) in [4.78, 5) is 41.1. The SMILES string of the molecule is Cc1ccc(F)c2c1CCN(C(=O)C(=O)N(C)CCN1CCCC1=O)C2. The van der Waals surface area contributed by atoms with Crippen molar-refractivity contribution >= 4 is 17.7 Å². The first-order chi connectivity index (χ1) is 12.4. The Labute approximate surface area is 152 Å². The van der Waals surface area contributed by atoms with E-state index in [2.05, 4.69) is 0 Å². The van der Waals surface area contributed by atoms with Gasteiger partial charge in [0, 0.05) is 51.8 Å². The number of rotatable bonds is 3. The lowest BCUT2D eigenvalue weighted by atomic mass is 9.94. The lowest BCUT2D eigenvalue weighted by Gasteiger charge is -2.31. The first-order valence-electron chi connectivity index (χ1n) is 8.97. The summed E-state index contributed by atoms with van der Waals surface area (Å²) < 4.78 is 14.1. The van der Waals surface area contributed by atoms with Gasteiger partial charge >= 0.3 is 11.8 Å². The summed E-state index contributed by atoms with van der Waals surface area (Å²) in [6, 6.07) is 3.15. The molecule has 140 valence electrons. The smallest absolute Gasteiger partial charge is 0.312 e. The largest absolute Gasteiger partial charge is 0.341 e. The van der Waals surface area contributed by atoms with Gasteiger partial charge in [-0.3, -0.25) is 14.4 Å². The molecule has 2 aliphatic heterocycles. The van der Waals surface area contributed by atoms with Crippen molar-refractivity contribution in [2.75, 3.05) is 33.2 Å². The highest BCUT2D eigenvalue weighted by atomic mass is 19.1. The predicted molar refractivity (Wildman–Crippen MR) is 93.7 cm³/mol. The van der Waals surface area contributed by atoms with Crippen molar-refractivity contribution < 1.29 is 18.8 Å². The fourth-order valence-electron chi connectivity index (χ4n) is 3.60. The van der Waals surface area contributed by atoms with Crippen LogP contribution in [0.1, 0.15) is 29.5 Å². The van der Waals surface area contributed by atoms with Gasteiger partial charge in [-0.25, -0.2) is 4.39 Å². The molecular weight excluding hydrogens is 337 g/mol. The summed E-state index contributed by atoms with van der Waals surface area (Å²) >= 11 is 0. The molecule has 0 bridgehead atoms. The Hall–Kier alpha value is -2.44.